The van der Waals surface area contributed by atoms with Crippen molar-refractivity contribution >= 4 is 33.5 Å². The second-order valence-electron chi connectivity index (χ2n) is 1.51. The van der Waals surface area contributed by atoms with Crippen LogP contribution in [0.1, 0.15) is 10.4 Å². The summed E-state index contributed by atoms with van der Waals surface area (Å²) in [6, 6.07) is 0. The number of aromatic nitrogens is 2. The van der Waals surface area contributed by atoms with Crippen LogP contribution in [0.25, 0.3) is 0 Å². The Hall–Kier alpha value is -0.550. The first-order chi connectivity index (χ1) is 4.63. The summed E-state index contributed by atoms with van der Waals surface area (Å²) in [6.07, 6.45) is 0. The van der Waals surface area contributed by atoms with Crippen LogP contribution in [0.5, 0.6) is 0 Å². The highest BCUT2D eigenvalue weighted by Gasteiger charge is 2.15. The number of rotatable bonds is 1. The van der Waals surface area contributed by atoms with Gasteiger partial charge < -0.3 is 5.11 Å². The Balaban J connectivity index is 3.23. The van der Waals surface area contributed by atoms with E-state index in [0.717, 1.165) is 0 Å². The second-order valence-corrected chi connectivity index (χ2v) is 2.64. The third kappa shape index (κ3) is 1.15. The number of nitrogens with one attached hydrogen (secondary N) is 1. The summed E-state index contributed by atoms with van der Waals surface area (Å²) in [5.41, 5.74) is -0.0401. The van der Waals surface area contributed by atoms with Crippen LogP contribution in [-0.2, 0) is 0 Å². The minimum Gasteiger partial charge on any atom is -0.477 e. The Morgan fingerprint density at radius 3 is 2.60 bits per heavy atom. The lowest BCUT2D eigenvalue weighted by molar-refractivity contribution is 0.0696. The molecule has 0 aliphatic rings. The van der Waals surface area contributed by atoms with Gasteiger partial charge in [0.05, 0.1) is 0 Å². The third-order valence-corrected chi connectivity index (χ3v) is 1.74. The Morgan fingerprint density at radius 2 is 2.40 bits per heavy atom. The van der Waals surface area contributed by atoms with Crippen molar-refractivity contribution in [2.24, 2.45) is 0 Å². The maximum Gasteiger partial charge on any atom is 0.341 e. The lowest BCUT2D eigenvalue weighted by Crippen LogP contribution is -1.95. The van der Waals surface area contributed by atoms with Gasteiger partial charge in [-0.3, -0.25) is 5.10 Å². The normalized spacial score (nSPS) is 9.80. The Kier molecular flexibility index (Phi) is 1.96. The highest BCUT2D eigenvalue weighted by molar-refractivity contribution is 9.10. The van der Waals surface area contributed by atoms with Crippen molar-refractivity contribution < 1.29 is 9.90 Å². The van der Waals surface area contributed by atoms with Crippen molar-refractivity contribution in [3.63, 3.8) is 0 Å². The van der Waals surface area contributed by atoms with Crippen LogP contribution in [0.4, 0.5) is 0 Å². The molecule has 1 rings (SSSR count). The zero-order valence-electron chi connectivity index (χ0n) is 4.56. The van der Waals surface area contributed by atoms with E-state index >= 15 is 0 Å². The van der Waals surface area contributed by atoms with Gasteiger partial charge in [-0.15, -0.1) is 0 Å². The zero-order chi connectivity index (χ0) is 7.72. The van der Waals surface area contributed by atoms with Crippen LogP contribution in [0.2, 0.25) is 5.15 Å². The molecule has 0 bridgehead atoms. The van der Waals surface area contributed by atoms with E-state index in [2.05, 4.69) is 26.1 Å². The predicted molar refractivity (Wildman–Crippen MR) is 38.3 cm³/mol. The van der Waals surface area contributed by atoms with E-state index in [1.54, 1.807) is 0 Å². The molecule has 0 atom stereocenters. The largest absolute Gasteiger partial charge is 0.477 e. The van der Waals surface area contributed by atoms with E-state index in [4.69, 9.17) is 16.7 Å². The smallest absolute Gasteiger partial charge is 0.341 e. The van der Waals surface area contributed by atoms with E-state index in [0.29, 0.717) is 0 Å². The Labute approximate surface area is 69.3 Å². The predicted octanol–water partition coefficient (Wildman–Crippen LogP) is 1.52. The molecule has 0 aromatic carbocycles. The van der Waals surface area contributed by atoms with Gasteiger partial charge in [-0.1, -0.05) is 11.6 Å². The first kappa shape index (κ1) is 7.56. The molecule has 0 aliphatic heterocycles. The number of H-pyrrole nitrogens is 1. The molecular weight excluding hydrogens is 223 g/mol. The number of aromatic amines is 1. The van der Waals surface area contributed by atoms with Gasteiger partial charge in [0.15, 0.2) is 0 Å². The molecule has 0 amide bonds. The summed E-state index contributed by atoms with van der Waals surface area (Å²) in [6.45, 7) is 0. The fourth-order valence-corrected chi connectivity index (χ4v) is 1.27. The number of nitrogens with zero attached hydrogens (tertiary/aromatic N) is 1. The number of aromatic carboxylic acids is 1. The lowest BCUT2D eigenvalue weighted by atomic mass is 10.4. The molecule has 0 saturated heterocycles. The molecule has 0 fully saturated rings. The molecule has 0 radical (unpaired) electrons. The molecule has 1 aromatic heterocycles. The monoisotopic (exact) mass is 224 g/mol. The minimum atomic E-state index is -1.11. The molecule has 0 saturated carbocycles. The van der Waals surface area contributed by atoms with Crippen molar-refractivity contribution in [1.29, 1.82) is 0 Å². The molecule has 6 heteroatoms. The summed E-state index contributed by atoms with van der Waals surface area (Å²) in [5, 5.41) is 14.3. The number of carbonyl (C=O) groups is 1. The first-order valence-electron chi connectivity index (χ1n) is 2.25. The van der Waals surface area contributed by atoms with Gasteiger partial charge in [0.2, 0.25) is 0 Å². The van der Waals surface area contributed by atoms with Gasteiger partial charge in [0.25, 0.3) is 0 Å². The average Bonchev–Trinajstić information content (AvgIpc) is 2.11. The quantitative estimate of drug-likeness (QED) is 0.761. The lowest BCUT2D eigenvalue weighted by Gasteiger charge is -1.86. The molecule has 54 valence electrons. The van der Waals surface area contributed by atoms with Crippen molar-refractivity contribution in [2.75, 3.05) is 0 Å². The third-order valence-electron chi connectivity index (χ3n) is 0.892. The van der Waals surface area contributed by atoms with Crippen LogP contribution in [-0.4, -0.2) is 21.3 Å². The van der Waals surface area contributed by atoms with Gasteiger partial charge in [-0.05, 0) is 15.9 Å². The minimum absolute atomic E-state index is 0.0272. The molecular formula is C4H2BrClN2O2. The van der Waals surface area contributed by atoms with Crippen LogP contribution < -0.4 is 0 Å². The average molecular weight is 225 g/mol. The van der Waals surface area contributed by atoms with Crippen molar-refractivity contribution in [3.05, 3.63) is 15.3 Å². The molecule has 1 aromatic rings. The fourth-order valence-electron chi connectivity index (χ4n) is 0.483. The SMILES string of the molecule is O=C(O)c1c(Br)n[nH]c1Cl. The first-order valence-corrected chi connectivity index (χ1v) is 3.42. The van der Waals surface area contributed by atoms with Crippen LogP contribution in [0, 0.1) is 0 Å². The zero-order valence-corrected chi connectivity index (χ0v) is 6.90. The van der Waals surface area contributed by atoms with Crippen LogP contribution in [0.3, 0.4) is 0 Å². The van der Waals surface area contributed by atoms with E-state index in [1.807, 2.05) is 0 Å². The summed E-state index contributed by atoms with van der Waals surface area (Å²) in [5.74, 6) is -1.11. The van der Waals surface area contributed by atoms with Crippen molar-refractivity contribution in [2.45, 2.75) is 0 Å². The second kappa shape index (κ2) is 2.59. The highest BCUT2D eigenvalue weighted by Crippen LogP contribution is 2.20. The number of hydrogen-bond acceptors (Lipinski definition) is 2. The topological polar surface area (TPSA) is 66.0 Å². The number of hydrogen-bond donors (Lipinski definition) is 2. The Morgan fingerprint density at radius 1 is 1.80 bits per heavy atom. The van der Waals surface area contributed by atoms with E-state index < -0.39 is 5.97 Å². The van der Waals surface area contributed by atoms with E-state index in [-0.39, 0.29) is 15.3 Å². The van der Waals surface area contributed by atoms with Gasteiger partial charge in [-0.2, -0.15) is 5.10 Å². The maximum atomic E-state index is 10.3. The van der Waals surface area contributed by atoms with E-state index in [9.17, 15) is 4.79 Å². The summed E-state index contributed by atoms with van der Waals surface area (Å²) in [4.78, 5) is 10.3. The van der Waals surface area contributed by atoms with Gasteiger partial charge in [-0.25, -0.2) is 4.79 Å². The van der Waals surface area contributed by atoms with Crippen LogP contribution >= 0.6 is 27.5 Å². The molecule has 1 heterocycles. The standard InChI is InChI=1S/C4H2BrClN2O2/c5-2-1(4(9)10)3(6)8-7-2/h(H,7,8)(H,9,10). The highest BCUT2D eigenvalue weighted by atomic mass is 79.9. The molecule has 0 unspecified atom stereocenters. The molecule has 10 heavy (non-hydrogen) atoms. The fraction of sp³-hybridized carbons (Fsp3) is 0. The maximum absolute atomic E-state index is 10.3. The van der Waals surface area contributed by atoms with Crippen LogP contribution in [0.15, 0.2) is 4.60 Å². The molecule has 0 aliphatic carbocycles. The number of carboxylic acid groups (broad SMARTS) is 1. The summed E-state index contributed by atoms with van der Waals surface area (Å²) < 4.78 is 0.213. The van der Waals surface area contributed by atoms with Crippen molar-refractivity contribution in [1.82, 2.24) is 10.2 Å². The Bertz CT molecular complexity index is 253. The molecule has 0 spiro atoms. The van der Waals surface area contributed by atoms with Gasteiger partial charge in [0.1, 0.15) is 15.3 Å². The van der Waals surface area contributed by atoms with Crippen molar-refractivity contribution in [3.8, 4) is 0 Å². The number of halogens is 2. The van der Waals surface area contributed by atoms with E-state index in [1.165, 1.54) is 0 Å². The summed E-state index contributed by atoms with van der Waals surface area (Å²) >= 11 is 8.32. The summed E-state index contributed by atoms with van der Waals surface area (Å²) in [7, 11) is 0. The van der Waals surface area contributed by atoms with Gasteiger partial charge >= 0.3 is 5.97 Å². The van der Waals surface area contributed by atoms with Gasteiger partial charge in [0, 0.05) is 0 Å². The molecule has 2 N–H and O–H groups in total. The molecule has 4 nitrogen and oxygen atoms in total. The number of carboxylic acids is 1.